The zero-order valence-electron chi connectivity index (χ0n) is 11.7. The maximum Gasteiger partial charge on any atom is 0.188 e. The molecule has 1 saturated heterocycles. The van der Waals surface area contributed by atoms with E-state index in [0.717, 1.165) is 13.1 Å². The summed E-state index contributed by atoms with van der Waals surface area (Å²) in [5.41, 5.74) is 5.36. The fraction of sp³-hybridized carbons (Fsp3) is 0.846. The summed E-state index contributed by atoms with van der Waals surface area (Å²) in [5.74, 6) is 0.446. The summed E-state index contributed by atoms with van der Waals surface area (Å²) in [7, 11) is 0. The number of likely N-dealkylation sites (N-methyl/N-ethyl adjacent to an activating group) is 1. The molecule has 3 N–H and O–H groups in total. The van der Waals surface area contributed by atoms with E-state index in [-0.39, 0.29) is 0 Å². The highest BCUT2D eigenvalue weighted by Gasteiger charge is 2.22. The van der Waals surface area contributed by atoms with Crippen LogP contribution in [0.2, 0.25) is 0 Å². The molecule has 102 valence electrons. The number of rotatable bonds is 5. The van der Waals surface area contributed by atoms with Gasteiger partial charge in [-0.1, -0.05) is 6.92 Å². The van der Waals surface area contributed by atoms with Gasteiger partial charge in [0, 0.05) is 12.6 Å². The van der Waals surface area contributed by atoms with Gasteiger partial charge in [0.25, 0.3) is 0 Å². The first-order chi connectivity index (χ1) is 8.48. The smallest absolute Gasteiger partial charge is 0.188 e. The van der Waals surface area contributed by atoms with Gasteiger partial charge < -0.3 is 11.1 Å². The molecule has 5 heteroatoms. The second-order valence-electron chi connectivity index (χ2n) is 5.50. The van der Waals surface area contributed by atoms with Crippen molar-refractivity contribution < 1.29 is 0 Å². The van der Waals surface area contributed by atoms with Crippen molar-refractivity contribution in [3.63, 3.8) is 0 Å². The number of guanidine groups is 1. The number of hydrogen-bond donors (Lipinski definition) is 2. The number of hydrogen-bond acceptors (Lipinski definition) is 3. The van der Waals surface area contributed by atoms with Crippen LogP contribution in [0.4, 0.5) is 0 Å². The van der Waals surface area contributed by atoms with Gasteiger partial charge in [-0.3, -0.25) is 9.89 Å². The third kappa shape index (κ3) is 4.53. The lowest BCUT2D eigenvalue weighted by Crippen LogP contribution is -2.43. The SMILES string of the molecule is CCN1CCCC1CNC(N)=NCC(C)(C)C#N. The lowest BCUT2D eigenvalue weighted by molar-refractivity contribution is 0.267. The third-order valence-corrected chi connectivity index (χ3v) is 3.37. The summed E-state index contributed by atoms with van der Waals surface area (Å²) >= 11 is 0. The van der Waals surface area contributed by atoms with E-state index < -0.39 is 5.41 Å². The normalized spacial score (nSPS) is 21.9. The van der Waals surface area contributed by atoms with Gasteiger partial charge in [0.05, 0.1) is 18.0 Å². The van der Waals surface area contributed by atoms with Crippen molar-refractivity contribution in [2.45, 2.75) is 39.7 Å². The van der Waals surface area contributed by atoms with Crippen LogP contribution in [0.25, 0.3) is 0 Å². The predicted molar refractivity (Wildman–Crippen MR) is 74.2 cm³/mol. The number of nitrogens with one attached hydrogen (secondary N) is 1. The summed E-state index contributed by atoms with van der Waals surface area (Å²) in [6.07, 6.45) is 2.48. The molecule has 5 nitrogen and oxygen atoms in total. The van der Waals surface area contributed by atoms with Crippen molar-refractivity contribution >= 4 is 5.96 Å². The quantitative estimate of drug-likeness (QED) is 0.563. The van der Waals surface area contributed by atoms with Crippen LogP contribution < -0.4 is 11.1 Å². The Balaban J connectivity index is 2.35. The van der Waals surface area contributed by atoms with E-state index in [1.807, 2.05) is 13.8 Å². The molecule has 1 fully saturated rings. The Hall–Kier alpha value is -1.28. The van der Waals surface area contributed by atoms with Crippen molar-refractivity contribution in [1.82, 2.24) is 10.2 Å². The van der Waals surface area contributed by atoms with Gasteiger partial charge in [0.1, 0.15) is 0 Å². The molecule has 0 aromatic rings. The Labute approximate surface area is 110 Å². The molecule has 0 aliphatic carbocycles. The van der Waals surface area contributed by atoms with E-state index in [0.29, 0.717) is 18.5 Å². The van der Waals surface area contributed by atoms with E-state index in [1.165, 1.54) is 19.4 Å². The highest BCUT2D eigenvalue weighted by atomic mass is 15.2. The Morgan fingerprint density at radius 3 is 2.94 bits per heavy atom. The number of aliphatic imine (C=N–C) groups is 1. The van der Waals surface area contributed by atoms with Crippen LogP contribution in [-0.2, 0) is 0 Å². The van der Waals surface area contributed by atoms with E-state index in [1.54, 1.807) is 0 Å². The number of likely N-dealkylation sites (tertiary alicyclic amines) is 1. The van der Waals surface area contributed by atoms with Crippen molar-refractivity contribution in [3.05, 3.63) is 0 Å². The molecule has 1 aliphatic heterocycles. The van der Waals surface area contributed by atoms with Crippen LogP contribution >= 0.6 is 0 Å². The van der Waals surface area contributed by atoms with Gasteiger partial charge in [0.2, 0.25) is 0 Å². The molecule has 18 heavy (non-hydrogen) atoms. The van der Waals surface area contributed by atoms with Crippen LogP contribution in [0, 0.1) is 16.7 Å². The van der Waals surface area contributed by atoms with Crippen LogP contribution in [0.15, 0.2) is 4.99 Å². The van der Waals surface area contributed by atoms with E-state index in [4.69, 9.17) is 11.0 Å². The highest BCUT2D eigenvalue weighted by Crippen LogP contribution is 2.15. The Kier molecular flexibility index (Phi) is 5.42. The lowest BCUT2D eigenvalue weighted by atomic mass is 9.96. The number of nitriles is 1. The minimum atomic E-state index is -0.449. The molecule has 0 amide bonds. The van der Waals surface area contributed by atoms with Gasteiger partial charge in [-0.05, 0) is 39.8 Å². The van der Waals surface area contributed by atoms with E-state index in [9.17, 15) is 0 Å². The molecule has 1 rings (SSSR count). The molecule has 0 saturated carbocycles. The van der Waals surface area contributed by atoms with Gasteiger partial charge >= 0.3 is 0 Å². The first kappa shape index (κ1) is 14.8. The summed E-state index contributed by atoms with van der Waals surface area (Å²) in [6, 6.07) is 2.77. The minimum Gasteiger partial charge on any atom is -0.370 e. The zero-order chi connectivity index (χ0) is 13.6. The molecule has 1 atom stereocenters. The van der Waals surface area contributed by atoms with Crippen LogP contribution in [0.3, 0.4) is 0 Å². The number of nitrogens with two attached hydrogens (primary N) is 1. The second-order valence-corrected chi connectivity index (χ2v) is 5.50. The summed E-state index contributed by atoms with van der Waals surface area (Å²) in [4.78, 5) is 6.68. The summed E-state index contributed by atoms with van der Waals surface area (Å²) in [5, 5.41) is 12.1. The molecule has 0 spiro atoms. The van der Waals surface area contributed by atoms with Crippen LogP contribution in [-0.4, -0.2) is 43.1 Å². The molecule has 0 aromatic heterocycles. The lowest BCUT2D eigenvalue weighted by Gasteiger charge is -2.23. The molecular weight excluding hydrogens is 226 g/mol. The van der Waals surface area contributed by atoms with Gasteiger partial charge in [-0.25, -0.2) is 0 Å². The molecule has 0 bridgehead atoms. The number of nitrogens with zero attached hydrogens (tertiary/aromatic N) is 3. The standard InChI is InChI=1S/C13H25N5/c1-4-18-7-5-6-11(18)8-16-12(15)17-10-13(2,3)9-14/h11H,4-8,10H2,1-3H3,(H3,15,16,17). The Morgan fingerprint density at radius 1 is 1.61 bits per heavy atom. The molecule has 0 aromatic carbocycles. The molecular formula is C13H25N5. The zero-order valence-corrected chi connectivity index (χ0v) is 11.7. The Bertz CT molecular complexity index is 329. The molecule has 1 heterocycles. The van der Waals surface area contributed by atoms with Gasteiger partial charge in [-0.2, -0.15) is 5.26 Å². The predicted octanol–water partition coefficient (Wildman–Crippen LogP) is 0.925. The fourth-order valence-electron chi connectivity index (χ4n) is 2.14. The van der Waals surface area contributed by atoms with Crippen molar-refractivity contribution in [1.29, 1.82) is 5.26 Å². The monoisotopic (exact) mass is 251 g/mol. The van der Waals surface area contributed by atoms with Crippen LogP contribution in [0.5, 0.6) is 0 Å². The van der Waals surface area contributed by atoms with Gasteiger partial charge in [-0.15, -0.1) is 0 Å². The van der Waals surface area contributed by atoms with Crippen LogP contribution in [0.1, 0.15) is 33.6 Å². The first-order valence-corrected chi connectivity index (χ1v) is 6.67. The first-order valence-electron chi connectivity index (χ1n) is 6.67. The van der Waals surface area contributed by atoms with Gasteiger partial charge in [0.15, 0.2) is 5.96 Å². The van der Waals surface area contributed by atoms with Crippen molar-refractivity contribution in [3.8, 4) is 6.07 Å². The van der Waals surface area contributed by atoms with Crippen molar-refractivity contribution in [2.24, 2.45) is 16.1 Å². The Morgan fingerprint density at radius 2 is 2.33 bits per heavy atom. The largest absolute Gasteiger partial charge is 0.370 e. The minimum absolute atomic E-state index is 0.435. The second kappa shape index (κ2) is 6.60. The molecule has 1 unspecified atom stereocenters. The average molecular weight is 251 g/mol. The topological polar surface area (TPSA) is 77.4 Å². The summed E-state index contributed by atoms with van der Waals surface area (Å²) in [6.45, 7) is 9.46. The molecule has 1 aliphatic rings. The molecule has 0 radical (unpaired) electrons. The maximum atomic E-state index is 8.89. The van der Waals surface area contributed by atoms with Crippen molar-refractivity contribution in [2.75, 3.05) is 26.2 Å². The fourth-order valence-corrected chi connectivity index (χ4v) is 2.14. The highest BCUT2D eigenvalue weighted by molar-refractivity contribution is 5.77. The van der Waals surface area contributed by atoms with E-state index >= 15 is 0 Å². The third-order valence-electron chi connectivity index (χ3n) is 3.37. The maximum absolute atomic E-state index is 8.89. The average Bonchev–Trinajstić information content (AvgIpc) is 2.81. The summed E-state index contributed by atoms with van der Waals surface area (Å²) < 4.78 is 0. The van der Waals surface area contributed by atoms with E-state index in [2.05, 4.69) is 28.2 Å².